The first kappa shape index (κ1) is 27.3. The summed E-state index contributed by atoms with van der Waals surface area (Å²) in [6.45, 7) is 9.72. The molecule has 3 amide bonds. The maximum atomic E-state index is 14.2. The van der Waals surface area contributed by atoms with Gasteiger partial charge >= 0.3 is 0 Å². The molecule has 5 rings (SSSR count). The second-order valence-corrected chi connectivity index (χ2v) is 11.7. The fraction of sp³-hybridized carbons (Fsp3) is 0.516. The van der Waals surface area contributed by atoms with E-state index < -0.39 is 35.1 Å². The highest BCUT2D eigenvalue weighted by Crippen LogP contribution is 2.65. The summed E-state index contributed by atoms with van der Waals surface area (Å²) in [6.07, 6.45) is 0.946. The molecule has 3 heterocycles. The molecule has 0 radical (unpaired) electrons. The number of likely N-dealkylation sites (tertiary alicyclic amines) is 1. The number of aryl methyl sites for hydroxylation is 2. The number of fused-ring (bicyclic) bond motifs is 1. The number of aliphatic hydroxyl groups is 1. The van der Waals surface area contributed by atoms with E-state index in [1.54, 1.807) is 0 Å². The van der Waals surface area contributed by atoms with Crippen LogP contribution < -0.4 is 10.6 Å². The van der Waals surface area contributed by atoms with Gasteiger partial charge in [-0.2, -0.15) is 0 Å². The molecule has 2 aromatic rings. The number of hydrogen-bond acceptors (Lipinski definition) is 5. The van der Waals surface area contributed by atoms with Crippen LogP contribution in [0.25, 0.3) is 0 Å². The number of nitrogens with one attached hydrogen (secondary N) is 2. The van der Waals surface area contributed by atoms with Crippen molar-refractivity contribution in [3.05, 3.63) is 65.2 Å². The molecule has 7 atom stereocenters. The molecule has 8 heteroatoms. The van der Waals surface area contributed by atoms with E-state index in [9.17, 15) is 19.5 Å². The minimum atomic E-state index is -1.16. The molecule has 0 aliphatic carbocycles. The van der Waals surface area contributed by atoms with Gasteiger partial charge in [-0.1, -0.05) is 62.4 Å². The van der Waals surface area contributed by atoms with Gasteiger partial charge < -0.3 is 25.4 Å². The third-order valence-electron chi connectivity index (χ3n) is 9.40. The van der Waals surface area contributed by atoms with Crippen LogP contribution in [0.4, 0.5) is 5.69 Å². The van der Waals surface area contributed by atoms with E-state index in [0.29, 0.717) is 25.1 Å². The van der Waals surface area contributed by atoms with E-state index in [-0.39, 0.29) is 30.2 Å². The van der Waals surface area contributed by atoms with Crippen molar-refractivity contribution in [3.8, 4) is 0 Å². The van der Waals surface area contributed by atoms with Crippen LogP contribution in [0.15, 0.2) is 48.5 Å². The predicted molar refractivity (Wildman–Crippen MR) is 148 cm³/mol. The van der Waals surface area contributed by atoms with Crippen molar-refractivity contribution >= 4 is 23.4 Å². The number of ether oxygens (including phenoxy) is 1. The van der Waals surface area contributed by atoms with Crippen LogP contribution >= 0.6 is 0 Å². The van der Waals surface area contributed by atoms with Crippen LogP contribution in [0.5, 0.6) is 0 Å². The molecular weight excluding hydrogens is 494 g/mol. The number of aliphatic hydroxyl groups excluding tert-OH is 1. The molecule has 0 aromatic heterocycles. The average molecular weight is 534 g/mol. The third-order valence-corrected chi connectivity index (χ3v) is 9.40. The Morgan fingerprint density at radius 3 is 2.38 bits per heavy atom. The maximum absolute atomic E-state index is 14.2. The molecule has 3 unspecified atom stereocenters. The molecular formula is C31H39N3O5. The van der Waals surface area contributed by atoms with Crippen molar-refractivity contribution in [1.29, 1.82) is 0 Å². The Bertz CT molecular complexity index is 1260. The average Bonchev–Trinajstić information content (AvgIpc) is 3.43. The van der Waals surface area contributed by atoms with Gasteiger partial charge in [0.05, 0.1) is 30.1 Å². The summed E-state index contributed by atoms with van der Waals surface area (Å²) in [5.74, 6) is -2.53. The predicted octanol–water partition coefficient (Wildman–Crippen LogP) is 3.34. The molecule has 2 aromatic carbocycles. The van der Waals surface area contributed by atoms with Crippen molar-refractivity contribution < 1.29 is 24.2 Å². The number of benzene rings is 2. The highest BCUT2D eigenvalue weighted by atomic mass is 16.5. The summed E-state index contributed by atoms with van der Waals surface area (Å²) in [5, 5.41) is 16.4. The number of amides is 3. The van der Waals surface area contributed by atoms with E-state index in [0.717, 1.165) is 16.7 Å². The van der Waals surface area contributed by atoms with Crippen LogP contribution in [0.3, 0.4) is 0 Å². The summed E-state index contributed by atoms with van der Waals surface area (Å²) in [7, 11) is 0. The van der Waals surface area contributed by atoms with Crippen LogP contribution in [0.1, 0.15) is 50.3 Å². The molecule has 8 nitrogen and oxygen atoms in total. The Hall–Kier alpha value is -3.23. The number of carbonyl (C=O) groups excluding carboxylic acids is 3. The summed E-state index contributed by atoms with van der Waals surface area (Å²) >= 11 is 0. The van der Waals surface area contributed by atoms with Crippen molar-refractivity contribution in [1.82, 2.24) is 10.2 Å². The van der Waals surface area contributed by atoms with Crippen molar-refractivity contribution in [2.24, 2.45) is 17.8 Å². The van der Waals surface area contributed by atoms with Gasteiger partial charge in [0.15, 0.2) is 0 Å². The van der Waals surface area contributed by atoms with Gasteiger partial charge in [0, 0.05) is 12.2 Å². The SMILES string of the molecule is CC[C@@H](CO)N1C(=O)[C@@H]2[C@H](C(=O)NCc3ccccc3)[C@@]3(C)OC2(CC3C)C1C(=O)Nc1c(C)cccc1C. The number of anilines is 1. The Balaban J connectivity index is 1.54. The molecule has 0 saturated carbocycles. The van der Waals surface area contributed by atoms with Gasteiger partial charge in [-0.25, -0.2) is 0 Å². The number of nitrogens with zero attached hydrogens (tertiary/aromatic N) is 1. The Morgan fingerprint density at radius 1 is 1.10 bits per heavy atom. The summed E-state index contributed by atoms with van der Waals surface area (Å²) in [6, 6.07) is 13.9. The smallest absolute Gasteiger partial charge is 0.250 e. The lowest BCUT2D eigenvalue weighted by Gasteiger charge is -2.36. The summed E-state index contributed by atoms with van der Waals surface area (Å²) < 4.78 is 6.78. The number of carbonyl (C=O) groups is 3. The zero-order valence-electron chi connectivity index (χ0n) is 23.4. The van der Waals surface area contributed by atoms with Gasteiger partial charge in [0.2, 0.25) is 17.7 Å². The monoisotopic (exact) mass is 533 g/mol. The first-order valence-corrected chi connectivity index (χ1v) is 13.9. The maximum Gasteiger partial charge on any atom is 0.250 e. The fourth-order valence-electron chi connectivity index (χ4n) is 7.28. The Kier molecular flexibility index (Phi) is 7.06. The highest BCUT2D eigenvalue weighted by Gasteiger charge is 2.80. The van der Waals surface area contributed by atoms with Crippen molar-refractivity contribution in [3.63, 3.8) is 0 Å². The molecule has 2 bridgehead atoms. The zero-order chi connectivity index (χ0) is 28.1. The number of rotatable bonds is 8. The van der Waals surface area contributed by atoms with E-state index in [1.165, 1.54) is 4.90 Å². The minimum absolute atomic E-state index is 0.0568. The molecule has 3 aliphatic heterocycles. The van der Waals surface area contributed by atoms with Gasteiger partial charge in [0.25, 0.3) is 0 Å². The molecule has 208 valence electrons. The van der Waals surface area contributed by atoms with Crippen molar-refractivity contribution in [2.75, 3.05) is 11.9 Å². The topological polar surface area (TPSA) is 108 Å². The molecule has 3 fully saturated rings. The highest BCUT2D eigenvalue weighted by molar-refractivity contribution is 6.04. The molecule has 3 aliphatic rings. The second kappa shape index (κ2) is 10.1. The lowest BCUT2D eigenvalue weighted by molar-refractivity contribution is -0.149. The molecule has 1 spiro atoms. The van der Waals surface area contributed by atoms with E-state index in [2.05, 4.69) is 10.6 Å². The molecule has 39 heavy (non-hydrogen) atoms. The van der Waals surface area contributed by atoms with Gasteiger partial charge in [-0.05, 0) is 56.2 Å². The number of hydrogen-bond donors (Lipinski definition) is 3. The van der Waals surface area contributed by atoms with Crippen LogP contribution in [-0.4, -0.2) is 57.6 Å². The first-order valence-electron chi connectivity index (χ1n) is 13.9. The Morgan fingerprint density at radius 2 is 1.77 bits per heavy atom. The quantitative estimate of drug-likeness (QED) is 0.483. The lowest BCUT2D eigenvalue weighted by Crippen LogP contribution is -2.56. The summed E-state index contributed by atoms with van der Waals surface area (Å²) in [4.78, 5) is 43.7. The van der Waals surface area contributed by atoms with E-state index in [1.807, 2.05) is 83.1 Å². The largest absolute Gasteiger partial charge is 0.394 e. The normalized spacial score (nSPS) is 31.7. The summed E-state index contributed by atoms with van der Waals surface area (Å²) in [5.41, 5.74) is 1.43. The minimum Gasteiger partial charge on any atom is -0.394 e. The number of para-hydroxylation sites is 1. The van der Waals surface area contributed by atoms with Crippen LogP contribution in [-0.2, 0) is 25.7 Å². The first-order chi connectivity index (χ1) is 18.6. The van der Waals surface area contributed by atoms with E-state index >= 15 is 0 Å². The fourth-order valence-corrected chi connectivity index (χ4v) is 7.28. The van der Waals surface area contributed by atoms with Gasteiger partial charge in [0.1, 0.15) is 11.6 Å². The van der Waals surface area contributed by atoms with Gasteiger partial charge in [-0.15, -0.1) is 0 Å². The molecule has 3 N–H and O–H groups in total. The van der Waals surface area contributed by atoms with Crippen LogP contribution in [0, 0.1) is 31.6 Å². The third kappa shape index (κ3) is 4.16. The standard InChI is InChI=1S/C31H39N3O5/c1-6-22(17-35)34-26(28(37)33-25-18(2)11-10-12-19(25)3)31-15-20(4)30(5,39-31)23(24(31)29(34)38)27(36)32-16-21-13-8-7-9-14-21/h7-14,20,22-24,26,35H,6,15-17H2,1-5H3,(H,32,36)(H,33,37)/t20?,22-,23+,24-,26?,30-,31?/m0/s1. The zero-order valence-corrected chi connectivity index (χ0v) is 23.4. The molecule has 3 saturated heterocycles. The van der Waals surface area contributed by atoms with E-state index in [4.69, 9.17) is 4.74 Å². The van der Waals surface area contributed by atoms with Gasteiger partial charge in [-0.3, -0.25) is 14.4 Å². The van der Waals surface area contributed by atoms with Crippen LogP contribution in [0.2, 0.25) is 0 Å². The Labute approximate surface area is 230 Å². The second-order valence-electron chi connectivity index (χ2n) is 11.7. The van der Waals surface area contributed by atoms with Crippen molar-refractivity contribution in [2.45, 2.75) is 77.3 Å². The lowest BCUT2D eigenvalue weighted by atomic mass is 9.62.